The quantitative estimate of drug-likeness (QED) is 0.772. The van der Waals surface area contributed by atoms with E-state index in [1.165, 1.54) is 25.3 Å². The van der Waals surface area contributed by atoms with Gasteiger partial charge in [0.2, 0.25) is 0 Å². The Kier molecular flexibility index (Phi) is 4.51. The van der Waals surface area contributed by atoms with Crippen LogP contribution >= 0.6 is 0 Å². The highest BCUT2D eigenvalue weighted by Crippen LogP contribution is 2.29. The Bertz CT molecular complexity index is 363. The average Bonchev–Trinajstić information content (AvgIpc) is 2.28. The van der Waals surface area contributed by atoms with Crippen LogP contribution in [0.1, 0.15) is 36.8 Å². The molecule has 1 aliphatic rings. The van der Waals surface area contributed by atoms with Gasteiger partial charge in [0.1, 0.15) is 5.82 Å². The van der Waals surface area contributed by atoms with Gasteiger partial charge in [-0.25, -0.2) is 4.39 Å². The van der Waals surface area contributed by atoms with E-state index >= 15 is 0 Å². The van der Waals surface area contributed by atoms with Gasteiger partial charge in [-0.2, -0.15) is 0 Å². The topological polar surface area (TPSA) is 35.2 Å². The lowest BCUT2D eigenvalue weighted by molar-refractivity contribution is 0.0931. The van der Waals surface area contributed by atoms with Crippen LogP contribution in [0.25, 0.3) is 0 Å². The molecule has 17 heavy (non-hydrogen) atoms. The van der Waals surface area contributed by atoms with Crippen molar-refractivity contribution in [3.63, 3.8) is 0 Å². The fraction of sp³-hybridized carbons (Fsp3) is 0.571. The minimum Gasteiger partial charge on any atom is -0.377 e. The van der Waals surface area contributed by atoms with Crippen LogP contribution in [0.15, 0.2) is 18.2 Å². The van der Waals surface area contributed by atoms with Gasteiger partial charge in [0.25, 0.3) is 0 Å². The van der Waals surface area contributed by atoms with Gasteiger partial charge >= 0.3 is 0 Å². The Balaban J connectivity index is 1.76. The largest absolute Gasteiger partial charge is 0.377 e. The van der Waals surface area contributed by atoms with E-state index in [0.29, 0.717) is 18.7 Å². The van der Waals surface area contributed by atoms with Gasteiger partial charge in [0, 0.05) is 18.7 Å². The van der Waals surface area contributed by atoms with Crippen LogP contribution in [-0.2, 0) is 17.9 Å². The molecule has 1 fully saturated rings. The zero-order valence-corrected chi connectivity index (χ0v) is 10.1. The van der Waals surface area contributed by atoms with Gasteiger partial charge in [-0.1, -0.05) is 25.3 Å². The summed E-state index contributed by atoms with van der Waals surface area (Å²) in [5.74, 6) is 0.640. The standard InChI is InChI=1S/C14H20FNO/c15-14-5-4-12(9-16)8-13(14)10-17-7-6-11-2-1-3-11/h4-5,8,11H,1-3,6-7,9-10,16H2. The molecule has 2 nitrogen and oxygen atoms in total. The molecule has 0 aliphatic heterocycles. The van der Waals surface area contributed by atoms with E-state index in [1.807, 2.05) is 0 Å². The zero-order chi connectivity index (χ0) is 12.1. The lowest BCUT2D eigenvalue weighted by Gasteiger charge is -2.24. The third-order valence-electron chi connectivity index (χ3n) is 3.50. The monoisotopic (exact) mass is 237 g/mol. The van der Waals surface area contributed by atoms with Crippen molar-refractivity contribution in [1.82, 2.24) is 0 Å². The molecular formula is C14H20FNO. The van der Waals surface area contributed by atoms with Crippen LogP contribution in [0.5, 0.6) is 0 Å². The second kappa shape index (κ2) is 6.12. The van der Waals surface area contributed by atoms with E-state index in [4.69, 9.17) is 10.5 Å². The summed E-state index contributed by atoms with van der Waals surface area (Å²) in [7, 11) is 0. The molecule has 0 heterocycles. The second-order valence-corrected chi connectivity index (χ2v) is 4.77. The summed E-state index contributed by atoms with van der Waals surface area (Å²) in [6.45, 7) is 1.53. The molecule has 0 amide bonds. The highest BCUT2D eigenvalue weighted by atomic mass is 19.1. The van der Waals surface area contributed by atoms with Crippen molar-refractivity contribution in [3.8, 4) is 0 Å². The van der Waals surface area contributed by atoms with Gasteiger partial charge in [-0.3, -0.25) is 0 Å². The molecule has 2 rings (SSSR count). The first-order valence-corrected chi connectivity index (χ1v) is 6.34. The molecular weight excluding hydrogens is 217 g/mol. The zero-order valence-electron chi connectivity index (χ0n) is 10.1. The minimum atomic E-state index is -0.203. The molecule has 2 N–H and O–H groups in total. The van der Waals surface area contributed by atoms with Crippen LogP contribution in [0.2, 0.25) is 0 Å². The van der Waals surface area contributed by atoms with E-state index in [1.54, 1.807) is 12.1 Å². The van der Waals surface area contributed by atoms with Crippen molar-refractivity contribution >= 4 is 0 Å². The van der Waals surface area contributed by atoms with Crippen LogP contribution < -0.4 is 5.73 Å². The first-order chi connectivity index (χ1) is 8.29. The fourth-order valence-electron chi connectivity index (χ4n) is 2.08. The summed E-state index contributed by atoms with van der Waals surface area (Å²) in [4.78, 5) is 0. The maximum absolute atomic E-state index is 13.4. The summed E-state index contributed by atoms with van der Waals surface area (Å²) in [6, 6.07) is 4.97. The Morgan fingerprint density at radius 1 is 1.35 bits per heavy atom. The average molecular weight is 237 g/mol. The molecule has 0 spiro atoms. The third kappa shape index (κ3) is 3.51. The molecule has 0 unspecified atom stereocenters. The summed E-state index contributed by atoms with van der Waals surface area (Å²) in [5.41, 5.74) is 7.09. The first kappa shape index (κ1) is 12.5. The van der Waals surface area contributed by atoms with E-state index < -0.39 is 0 Å². The minimum absolute atomic E-state index is 0.203. The lowest BCUT2D eigenvalue weighted by atomic mass is 9.83. The van der Waals surface area contributed by atoms with E-state index in [2.05, 4.69) is 0 Å². The molecule has 94 valence electrons. The van der Waals surface area contributed by atoms with Gasteiger partial charge in [-0.15, -0.1) is 0 Å². The molecule has 0 saturated heterocycles. The highest BCUT2D eigenvalue weighted by molar-refractivity contribution is 5.24. The molecule has 1 saturated carbocycles. The van der Waals surface area contributed by atoms with E-state index in [9.17, 15) is 4.39 Å². The summed E-state index contributed by atoms with van der Waals surface area (Å²) >= 11 is 0. The molecule has 0 radical (unpaired) electrons. The molecule has 0 aromatic heterocycles. The normalized spacial score (nSPS) is 15.9. The Hall–Kier alpha value is -0.930. The van der Waals surface area contributed by atoms with Gasteiger partial charge in [0.15, 0.2) is 0 Å². The predicted molar refractivity (Wildman–Crippen MR) is 65.9 cm³/mol. The van der Waals surface area contributed by atoms with Crippen LogP contribution in [0, 0.1) is 11.7 Å². The van der Waals surface area contributed by atoms with E-state index in [-0.39, 0.29) is 5.82 Å². The summed E-state index contributed by atoms with van der Waals surface area (Å²) in [5, 5.41) is 0. The number of nitrogens with two attached hydrogens (primary N) is 1. The van der Waals surface area contributed by atoms with Crippen LogP contribution in [-0.4, -0.2) is 6.61 Å². The SMILES string of the molecule is NCc1ccc(F)c(COCCC2CCC2)c1. The van der Waals surface area contributed by atoms with E-state index in [0.717, 1.165) is 24.5 Å². The van der Waals surface area contributed by atoms with Crippen LogP contribution in [0.4, 0.5) is 4.39 Å². The first-order valence-electron chi connectivity index (χ1n) is 6.34. The Labute approximate surface area is 102 Å². The number of hydrogen-bond donors (Lipinski definition) is 1. The van der Waals surface area contributed by atoms with Gasteiger partial charge in [-0.05, 0) is 30.0 Å². The van der Waals surface area contributed by atoms with Gasteiger partial charge < -0.3 is 10.5 Å². The number of benzene rings is 1. The molecule has 0 atom stereocenters. The molecule has 3 heteroatoms. The lowest BCUT2D eigenvalue weighted by Crippen LogP contribution is -2.13. The smallest absolute Gasteiger partial charge is 0.128 e. The fourth-order valence-corrected chi connectivity index (χ4v) is 2.08. The number of halogens is 1. The molecule has 1 aromatic carbocycles. The molecule has 1 aromatic rings. The number of hydrogen-bond acceptors (Lipinski definition) is 2. The Morgan fingerprint density at radius 2 is 2.18 bits per heavy atom. The molecule has 0 bridgehead atoms. The number of rotatable bonds is 6. The van der Waals surface area contributed by atoms with Crippen molar-refractivity contribution in [3.05, 3.63) is 35.1 Å². The molecule has 1 aliphatic carbocycles. The van der Waals surface area contributed by atoms with Gasteiger partial charge in [0.05, 0.1) is 6.61 Å². The maximum atomic E-state index is 13.4. The maximum Gasteiger partial charge on any atom is 0.128 e. The number of ether oxygens (including phenoxy) is 1. The highest BCUT2D eigenvalue weighted by Gasteiger charge is 2.16. The summed E-state index contributed by atoms with van der Waals surface area (Å²) < 4.78 is 19.0. The third-order valence-corrected chi connectivity index (χ3v) is 3.50. The van der Waals surface area contributed by atoms with Crippen LogP contribution in [0.3, 0.4) is 0 Å². The Morgan fingerprint density at radius 3 is 2.82 bits per heavy atom. The van der Waals surface area contributed by atoms with Crippen molar-refractivity contribution in [1.29, 1.82) is 0 Å². The predicted octanol–water partition coefficient (Wildman–Crippen LogP) is 2.99. The van der Waals surface area contributed by atoms with Crippen molar-refractivity contribution in [2.24, 2.45) is 11.7 Å². The second-order valence-electron chi connectivity index (χ2n) is 4.77. The van der Waals surface area contributed by atoms with Crippen molar-refractivity contribution in [2.45, 2.75) is 38.8 Å². The van der Waals surface area contributed by atoms with Crippen molar-refractivity contribution in [2.75, 3.05) is 6.61 Å². The van der Waals surface area contributed by atoms with Crippen molar-refractivity contribution < 1.29 is 9.13 Å². The summed E-state index contributed by atoms with van der Waals surface area (Å²) in [6.07, 6.45) is 5.14.